The smallest absolute Gasteiger partial charge is 0.329 e. The van der Waals surface area contributed by atoms with Crippen molar-refractivity contribution in [3.05, 3.63) is 24.0 Å². The van der Waals surface area contributed by atoms with E-state index in [1.54, 1.807) is 0 Å². The van der Waals surface area contributed by atoms with Crippen LogP contribution in [0.15, 0.2) is 18.3 Å². The molecule has 0 bridgehead atoms. The molecule has 0 fully saturated rings. The maximum absolute atomic E-state index is 11.6. The van der Waals surface area contributed by atoms with Gasteiger partial charge in [0.25, 0.3) is 0 Å². The van der Waals surface area contributed by atoms with Crippen LogP contribution < -0.4 is 0 Å². The van der Waals surface area contributed by atoms with Gasteiger partial charge in [-0.1, -0.05) is 13.8 Å². The molecule has 0 aliphatic carbocycles. The minimum Gasteiger partial charge on any atom is -0.467 e. The van der Waals surface area contributed by atoms with Crippen molar-refractivity contribution in [3.8, 4) is 0 Å². The zero-order chi connectivity index (χ0) is 10.7. The third-order valence-electron chi connectivity index (χ3n) is 2.37. The molecule has 0 spiro atoms. The fourth-order valence-corrected chi connectivity index (χ4v) is 1.62. The summed E-state index contributed by atoms with van der Waals surface area (Å²) in [5.74, 6) is 0.0489. The average molecular weight is 195 g/mol. The molecule has 0 N–H and O–H groups in total. The molecule has 0 saturated heterocycles. The monoisotopic (exact) mass is 195 g/mol. The predicted molar refractivity (Wildman–Crippen MR) is 55.1 cm³/mol. The third-order valence-corrected chi connectivity index (χ3v) is 2.37. The number of aryl methyl sites for hydroxylation is 1. The van der Waals surface area contributed by atoms with Crippen molar-refractivity contribution in [2.24, 2.45) is 5.92 Å². The van der Waals surface area contributed by atoms with Crippen LogP contribution in [0.4, 0.5) is 0 Å². The minimum absolute atomic E-state index is 0.181. The summed E-state index contributed by atoms with van der Waals surface area (Å²) < 4.78 is 6.75. The van der Waals surface area contributed by atoms with Gasteiger partial charge in [0.1, 0.15) is 6.04 Å². The van der Waals surface area contributed by atoms with Gasteiger partial charge in [-0.15, -0.1) is 0 Å². The van der Waals surface area contributed by atoms with Crippen LogP contribution >= 0.6 is 0 Å². The number of esters is 1. The Morgan fingerprint density at radius 2 is 2.14 bits per heavy atom. The molecule has 1 rings (SSSR count). The van der Waals surface area contributed by atoms with Crippen LogP contribution in [0.25, 0.3) is 0 Å². The van der Waals surface area contributed by atoms with Gasteiger partial charge in [-0.05, 0) is 25.0 Å². The molecule has 3 heteroatoms. The van der Waals surface area contributed by atoms with Gasteiger partial charge in [0, 0.05) is 11.9 Å². The Bertz CT molecular complexity index is 315. The molecule has 1 aromatic heterocycles. The number of hydrogen-bond acceptors (Lipinski definition) is 2. The van der Waals surface area contributed by atoms with Crippen molar-refractivity contribution in [3.63, 3.8) is 0 Å². The van der Waals surface area contributed by atoms with Crippen LogP contribution in [-0.4, -0.2) is 17.6 Å². The molecule has 3 nitrogen and oxygen atoms in total. The van der Waals surface area contributed by atoms with Gasteiger partial charge in [-0.2, -0.15) is 0 Å². The number of rotatable bonds is 3. The summed E-state index contributed by atoms with van der Waals surface area (Å²) >= 11 is 0. The molecule has 0 amide bonds. The lowest BCUT2D eigenvalue weighted by atomic mass is 10.0. The van der Waals surface area contributed by atoms with Gasteiger partial charge in [0.05, 0.1) is 7.11 Å². The Kier molecular flexibility index (Phi) is 3.33. The second-order valence-electron chi connectivity index (χ2n) is 3.77. The fourth-order valence-electron chi connectivity index (χ4n) is 1.62. The molecule has 1 heterocycles. The Morgan fingerprint density at radius 3 is 2.50 bits per heavy atom. The average Bonchev–Trinajstić information content (AvgIpc) is 2.52. The quantitative estimate of drug-likeness (QED) is 0.692. The van der Waals surface area contributed by atoms with E-state index in [1.165, 1.54) is 7.11 Å². The van der Waals surface area contributed by atoms with Gasteiger partial charge < -0.3 is 9.30 Å². The third kappa shape index (κ3) is 1.97. The maximum atomic E-state index is 11.6. The van der Waals surface area contributed by atoms with Crippen molar-refractivity contribution in [1.29, 1.82) is 0 Å². The minimum atomic E-state index is -0.213. The number of hydrogen-bond donors (Lipinski definition) is 0. The largest absolute Gasteiger partial charge is 0.467 e. The Balaban J connectivity index is 3.00. The second kappa shape index (κ2) is 4.31. The van der Waals surface area contributed by atoms with E-state index in [4.69, 9.17) is 4.74 Å². The van der Waals surface area contributed by atoms with Crippen LogP contribution in [-0.2, 0) is 9.53 Å². The van der Waals surface area contributed by atoms with Crippen LogP contribution in [0.2, 0.25) is 0 Å². The van der Waals surface area contributed by atoms with Crippen molar-refractivity contribution < 1.29 is 9.53 Å². The van der Waals surface area contributed by atoms with E-state index in [-0.39, 0.29) is 17.9 Å². The lowest BCUT2D eigenvalue weighted by Gasteiger charge is -2.21. The first kappa shape index (κ1) is 10.8. The Hall–Kier alpha value is -1.25. The van der Waals surface area contributed by atoms with E-state index >= 15 is 0 Å². The van der Waals surface area contributed by atoms with Gasteiger partial charge >= 0.3 is 5.97 Å². The molecular formula is C11H17NO2. The van der Waals surface area contributed by atoms with E-state index < -0.39 is 0 Å². The molecule has 1 aromatic rings. The number of ether oxygens (including phenoxy) is 1. The molecule has 0 aliphatic heterocycles. The number of aromatic nitrogens is 1. The van der Waals surface area contributed by atoms with E-state index in [9.17, 15) is 4.79 Å². The normalized spacial score (nSPS) is 12.9. The molecule has 0 aromatic carbocycles. The highest BCUT2D eigenvalue weighted by atomic mass is 16.5. The number of methoxy groups -OCH3 is 1. The van der Waals surface area contributed by atoms with Gasteiger partial charge in [-0.25, -0.2) is 4.79 Å². The first-order valence-corrected chi connectivity index (χ1v) is 4.79. The van der Waals surface area contributed by atoms with Gasteiger partial charge in [-0.3, -0.25) is 0 Å². The molecule has 1 atom stereocenters. The van der Waals surface area contributed by atoms with Crippen LogP contribution in [0.3, 0.4) is 0 Å². The Morgan fingerprint density at radius 1 is 1.50 bits per heavy atom. The van der Waals surface area contributed by atoms with E-state index in [1.807, 2.05) is 43.7 Å². The van der Waals surface area contributed by atoms with Crippen molar-refractivity contribution >= 4 is 5.97 Å². The zero-order valence-electron chi connectivity index (χ0n) is 9.15. The first-order chi connectivity index (χ1) is 6.57. The highest BCUT2D eigenvalue weighted by molar-refractivity contribution is 5.74. The summed E-state index contributed by atoms with van der Waals surface area (Å²) in [5, 5.41) is 0. The van der Waals surface area contributed by atoms with Crippen LogP contribution in [0.5, 0.6) is 0 Å². The molecule has 0 saturated carbocycles. The summed E-state index contributed by atoms with van der Waals surface area (Å²) in [4.78, 5) is 11.6. The number of carbonyl (C=O) groups is 1. The SMILES string of the molecule is COC(=O)C(C(C)C)n1cccc1C. The zero-order valence-corrected chi connectivity index (χ0v) is 9.15. The lowest BCUT2D eigenvalue weighted by molar-refractivity contribution is -0.146. The van der Waals surface area contributed by atoms with Crippen LogP contribution in [0.1, 0.15) is 25.6 Å². The molecule has 78 valence electrons. The molecule has 14 heavy (non-hydrogen) atoms. The van der Waals surface area contributed by atoms with E-state index in [2.05, 4.69) is 0 Å². The topological polar surface area (TPSA) is 31.2 Å². The molecule has 1 unspecified atom stereocenters. The molecular weight excluding hydrogens is 178 g/mol. The maximum Gasteiger partial charge on any atom is 0.329 e. The van der Waals surface area contributed by atoms with Crippen molar-refractivity contribution in [2.75, 3.05) is 7.11 Å². The number of nitrogens with zero attached hydrogens (tertiary/aromatic N) is 1. The summed E-state index contributed by atoms with van der Waals surface area (Å²) in [6, 6.07) is 3.71. The predicted octanol–water partition coefficient (Wildman–Crippen LogP) is 2.17. The highest BCUT2D eigenvalue weighted by Gasteiger charge is 2.24. The van der Waals surface area contributed by atoms with E-state index in [0.717, 1.165) is 5.69 Å². The van der Waals surface area contributed by atoms with Gasteiger partial charge in [0.2, 0.25) is 0 Å². The first-order valence-electron chi connectivity index (χ1n) is 4.79. The Labute approximate surface area is 84.7 Å². The number of carbonyl (C=O) groups excluding carboxylic acids is 1. The standard InChI is InChI=1S/C11H17NO2/c1-8(2)10(11(13)14-4)12-7-5-6-9(12)3/h5-8,10H,1-4H3. The molecule has 0 aliphatic rings. The fraction of sp³-hybridized carbons (Fsp3) is 0.545. The van der Waals surface area contributed by atoms with Crippen LogP contribution in [0, 0.1) is 12.8 Å². The van der Waals surface area contributed by atoms with Crippen molar-refractivity contribution in [2.45, 2.75) is 26.8 Å². The van der Waals surface area contributed by atoms with Gasteiger partial charge in [0.15, 0.2) is 0 Å². The van der Waals surface area contributed by atoms with Crippen molar-refractivity contribution in [1.82, 2.24) is 4.57 Å². The summed E-state index contributed by atoms with van der Waals surface area (Å²) in [7, 11) is 1.43. The summed E-state index contributed by atoms with van der Waals surface area (Å²) in [6.45, 7) is 6.01. The lowest BCUT2D eigenvalue weighted by Crippen LogP contribution is -2.25. The van der Waals surface area contributed by atoms with E-state index in [0.29, 0.717) is 0 Å². The molecule has 0 radical (unpaired) electrons. The summed E-state index contributed by atoms with van der Waals surface area (Å²) in [6.07, 6.45) is 1.91. The highest BCUT2D eigenvalue weighted by Crippen LogP contribution is 2.21. The summed E-state index contributed by atoms with van der Waals surface area (Å²) in [5.41, 5.74) is 1.08. The second-order valence-corrected chi connectivity index (χ2v) is 3.77.